The van der Waals surface area contributed by atoms with E-state index in [1.807, 2.05) is 0 Å². The Morgan fingerprint density at radius 3 is 2.43 bits per heavy atom. The van der Waals surface area contributed by atoms with E-state index < -0.39 is 6.17 Å². The Kier molecular flexibility index (Phi) is 3.60. The van der Waals surface area contributed by atoms with Crippen LogP contribution in [0, 0.1) is 11.8 Å². The minimum atomic E-state index is -0.801. The monoisotopic (exact) mass is 312 g/mol. The molecule has 122 valence electrons. The van der Waals surface area contributed by atoms with Crippen molar-refractivity contribution in [2.24, 2.45) is 22.6 Å². The van der Waals surface area contributed by atoms with Crippen LogP contribution in [0.1, 0.15) is 31.2 Å². The third kappa shape index (κ3) is 2.63. The Morgan fingerprint density at radius 1 is 1.13 bits per heavy atom. The summed E-state index contributed by atoms with van der Waals surface area (Å²) in [5.41, 5.74) is 8.87. The molecule has 5 heteroatoms. The quantitative estimate of drug-likeness (QED) is 0.862. The highest BCUT2D eigenvalue weighted by Crippen LogP contribution is 2.37. The van der Waals surface area contributed by atoms with Gasteiger partial charge in [0.05, 0.1) is 5.69 Å². The summed E-state index contributed by atoms with van der Waals surface area (Å²) in [7, 11) is 1.78. The number of nitrogens with two attached hydrogens (primary N) is 1. The second kappa shape index (κ2) is 5.64. The molecule has 1 amide bonds. The van der Waals surface area contributed by atoms with Crippen molar-refractivity contribution in [1.29, 1.82) is 0 Å². The van der Waals surface area contributed by atoms with Gasteiger partial charge in [0.1, 0.15) is 0 Å². The Balaban J connectivity index is 1.67. The van der Waals surface area contributed by atoms with E-state index in [0.717, 1.165) is 36.2 Å². The van der Waals surface area contributed by atoms with Crippen molar-refractivity contribution in [2.75, 3.05) is 29.9 Å². The maximum absolute atomic E-state index is 12.2. The van der Waals surface area contributed by atoms with Crippen LogP contribution in [-0.4, -0.2) is 38.4 Å². The van der Waals surface area contributed by atoms with E-state index in [0.29, 0.717) is 0 Å². The summed E-state index contributed by atoms with van der Waals surface area (Å²) in [6.07, 6.45) is 6.39. The normalized spacial score (nSPS) is 30.2. The first-order chi connectivity index (χ1) is 11.1. The average molecular weight is 312 g/mol. The molecule has 1 unspecified atom stereocenters. The molecule has 3 heterocycles. The fraction of sp³-hybridized carbons (Fsp3) is 0.556. The summed E-state index contributed by atoms with van der Waals surface area (Å²) in [5, 5.41) is 0. The van der Waals surface area contributed by atoms with E-state index in [9.17, 15) is 4.79 Å². The maximum Gasteiger partial charge on any atom is 0.266 e. The second-order valence-electron chi connectivity index (χ2n) is 7.16. The van der Waals surface area contributed by atoms with Crippen molar-refractivity contribution in [1.82, 2.24) is 0 Å². The Hall–Kier alpha value is -1.88. The van der Waals surface area contributed by atoms with Gasteiger partial charge in [0.25, 0.3) is 5.91 Å². The molecular formula is C18H24N4O. The number of benzodiazepines with no additional fused rings is 1. The lowest BCUT2D eigenvalue weighted by atomic mass is 9.84. The van der Waals surface area contributed by atoms with Gasteiger partial charge < -0.3 is 15.5 Å². The molecule has 0 spiro atoms. The van der Waals surface area contributed by atoms with Crippen LogP contribution in [0.25, 0.3) is 0 Å². The molecule has 1 atom stereocenters. The van der Waals surface area contributed by atoms with Gasteiger partial charge in [0.15, 0.2) is 6.17 Å². The van der Waals surface area contributed by atoms with Crippen molar-refractivity contribution in [2.45, 2.75) is 31.8 Å². The van der Waals surface area contributed by atoms with Crippen LogP contribution in [0.2, 0.25) is 0 Å². The van der Waals surface area contributed by atoms with Crippen LogP contribution < -0.4 is 15.5 Å². The summed E-state index contributed by atoms with van der Waals surface area (Å²) in [4.78, 5) is 20.5. The molecule has 2 N–H and O–H groups in total. The molecule has 0 radical (unpaired) electrons. The average Bonchev–Trinajstić information content (AvgIpc) is 2.95. The predicted octanol–water partition coefficient (Wildman–Crippen LogP) is 1.99. The Morgan fingerprint density at radius 2 is 1.78 bits per heavy atom. The number of carbonyl (C=O) groups excluding carboxylic acids is 1. The molecular weight excluding hydrogens is 288 g/mol. The summed E-state index contributed by atoms with van der Waals surface area (Å²) in [6.45, 7) is 2.28. The van der Waals surface area contributed by atoms with Gasteiger partial charge in [-0.1, -0.05) is 0 Å². The zero-order chi connectivity index (χ0) is 16.0. The molecule has 1 aromatic rings. The van der Waals surface area contributed by atoms with Gasteiger partial charge in [0, 0.05) is 37.6 Å². The van der Waals surface area contributed by atoms with Crippen molar-refractivity contribution in [3.63, 3.8) is 0 Å². The number of amides is 1. The van der Waals surface area contributed by atoms with Gasteiger partial charge in [-0.3, -0.25) is 9.79 Å². The van der Waals surface area contributed by atoms with Gasteiger partial charge in [-0.25, -0.2) is 0 Å². The first kappa shape index (κ1) is 14.7. The van der Waals surface area contributed by atoms with E-state index >= 15 is 0 Å². The number of nitrogens with zero attached hydrogens (tertiary/aromatic N) is 3. The molecule has 0 aromatic heterocycles. The smallest absolute Gasteiger partial charge is 0.266 e. The first-order valence-corrected chi connectivity index (χ1v) is 8.57. The van der Waals surface area contributed by atoms with E-state index in [-0.39, 0.29) is 5.91 Å². The lowest BCUT2D eigenvalue weighted by Gasteiger charge is -2.27. The van der Waals surface area contributed by atoms with Gasteiger partial charge in [0.2, 0.25) is 0 Å². The summed E-state index contributed by atoms with van der Waals surface area (Å²) >= 11 is 0. The van der Waals surface area contributed by atoms with Gasteiger partial charge in [-0.2, -0.15) is 0 Å². The number of anilines is 2. The van der Waals surface area contributed by atoms with Crippen molar-refractivity contribution in [3.05, 3.63) is 23.8 Å². The first-order valence-electron chi connectivity index (χ1n) is 8.57. The fourth-order valence-corrected chi connectivity index (χ4v) is 4.18. The van der Waals surface area contributed by atoms with E-state index in [2.05, 4.69) is 28.1 Å². The molecule has 3 fully saturated rings. The van der Waals surface area contributed by atoms with Crippen LogP contribution in [0.4, 0.5) is 11.4 Å². The molecule has 23 heavy (non-hydrogen) atoms. The number of fused-ring (bicyclic) bond motifs is 5. The number of likely N-dealkylation sites (N-methyl/N-ethyl adjacent to an activating group) is 1. The summed E-state index contributed by atoms with van der Waals surface area (Å²) in [5.74, 6) is 1.48. The molecule has 5 nitrogen and oxygen atoms in total. The minimum absolute atomic E-state index is 0.159. The standard InChI is InChI=1S/C18H24N4O/c1-21-16-8-15(7-6-14(16)9-20-17(19)18(21)23)22-10-12-2-3-13(11-22)5-4-12/h6-9,12-13,17H,2-5,10-11,19H2,1H3. The molecule has 5 rings (SSSR count). The van der Waals surface area contributed by atoms with Gasteiger partial charge >= 0.3 is 0 Å². The lowest BCUT2D eigenvalue weighted by molar-refractivity contribution is -0.119. The molecule has 2 saturated heterocycles. The maximum atomic E-state index is 12.2. The third-order valence-corrected chi connectivity index (χ3v) is 5.62. The lowest BCUT2D eigenvalue weighted by Crippen LogP contribution is -2.39. The number of aliphatic imine (C=N–C) groups is 1. The van der Waals surface area contributed by atoms with Gasteiger partial charge in [-0.05, 0) is 55.7 Å². The highest BCUT2D eigenvalue weighted by Gasteiger charge is 2.30. The Labute approximate surface area is 137 Å². The third-order valence-electron chi connectivity index (χ3n) is 5.62. The summed E-state index contributed by atoms with van der Waals surface area (Å²) in [6, 6.07) is 6.34. The van der Waals surface area contributed by atoms with Crippen molar-refractivity contribution in [3.8, 4) is 0 Å². The highest BCUT2D eigenvalue weighted by atomic mass is 16.2. The van der Waals surface area contributed by atoms with E-state index in [1.54, 1.807) is 18.2 Å². The van der Waals surface area contributed by atoms with Crippen LogP contribution >= 0.6 is 0 Å². The molecule has 3 aliphatic heterocycles. The molecule has 1 aromatic carbocycles. The Bertz CT molecular complexity index is 634. The SMILES string of the molecule is CN1C(=O)C(N)N=Cc2ccc(N3CC4CCC(CC4)C3)cc21. The number of hydrogen-bond acceptors (Lipinski definition) is 4. The highest BCUT2D eigenvalue weighted by molar-refractivity contribution is 6.05. The van der Waals surface area contributed by atoms with E-state index in [4.69, 9.17) is 5.73 Å². The molecule has 2 bridgehead atoms. The molecule has 4 aliphatic rings. The predicted molar refractivity (Wildman–Crippen MR) is 93.1 cm³/mol. The molecule has 1 saturated carbocycles. The number of rotatable bonds is 1. The largest absolute Gasteiger partial charge is 0.371 e. The van der Waals surface area contributed by atoms with Crippen molar-refractivity contribution >= 4 is 23.5 Å². The minimum Gasteiger partial charge on any atom is -0.371 e. The zero-order valence-corrected chi connectivity index (χ0v) is 13.6. The van der Waals surface area contributed by atoms with Crippen LogP contribution in [0.5, 0.6) is 0 Å². The fourth-order valence-electron chi connectivity index (χ4n) is 4.18. The number of carbonyl (C=O) groups is 1. The van der Waals surface area contributed by atoms with Crippen molar-refractivity contribution < 1.29 is 4.79 Å². The summed E-state index contributed by atoms with van der Waals surface area (Å²) < 4.78 is 0. The van der Waals surface area contributed by atoms with Crippen LogP contribution in [0.3, 0.4) is 0 Å². The number of hydrogen-bond donors (Lipinski definition) is 1. The zero-order valence-electron chi connectivity index (χ0n) is 13.6. The van der Waals surface area contributed by atoms with E-state index in [1.165, 1.54) is 31.4 Å². The number of benzene rings is 1. The van der Waals surface area contributed by atoms with Gasteiger partial charge in [-0.15, -0.1) is 0 Å². The van der Waals surface area contributed by atoms with Crippen LogP contribution in [0.15, 0.2) is 23.2 Å². The second-order valence-corrected chi connectivity index (χ2v) is 7.16. The molecule has 1 aliphatic carbocycles. The topological polar surface area (TPSA) is 61.9 Å². The van der Waals surface area contributed by atoms with Crippen LogP contribution in [-0.2, 0) is 4.79 Å².